The molecule has 0 spiro atoms. The van der Waals surface area contributed by atoms with Crippen molar-refractivity contribution in [3.8, 4) is 0 Å². The molecule has 1 unspecified atom stereocenters. The minimum atomic E-state index is -0.283. The number of rotatable bonds is 3. The van der Waals surface area contributed by atoms with E-state index >= 15 is 0 Å². The summed E-state index contributed by atoms with van der Waals surface area (Å²) in [5.41, 5.74) is 4.27. The zero-order valence-corrected chi connectivity index (χ0v) is 15.2. The Hall–Kier alpha value is -1.39. The van der Waals surface area contributed by atoms with Gasteiger partial charge in [-0.05, 0) is 38.3 Å². The molecule has 126 valence electrons. The van der Waals surface area contributed by atoms with Crippen LogP contribution < -0.4 is 5.32 Å². The molecule has 2 fully saturated rings. The molecular weight excluding hydrogens is 286 g/mol. The Morgan fingerprint density at radius 1 is 1.17 bits per heavy atom. The number of nitrogens with one attached hydrogen (secondary N) is 1. The maximum absolute atomic E-state index is 13.3. The lowest BCUT2D eigenvalue weighted by atomic mass is 9.73. The zero-order valence-electron chi connectivity index (χ0n) is 15.2. The van der Waals surface area contributed by atoms with Crippen LogP contribution in [0.15, 0.2) is 12.1 Å². The number of benzene rings is 1. The second-order valence-electron chi connectivity index (χ2n) is 7.71. The number of quaternary nitrogens is 1. The van der Waals surface area contributed by atoms with Crippen molar-refractivity contribution in [2.45, 2.75) is 52.0 Å². The first-order valence-corrected chi connectivity index (χ1v) is 8.77. The van der Waals surface area contributed by atoms with Crippen molar-refractivity contribution in [2.75, 3.05) is 32.5 Å². The molecule has 0 aromatic heterocycles. The van der Waals surface area contributed by atoms with E-state index in [0.29, 0.717) is 0 Å². The number of carbonyl (C=O) groups excluding carboxylic acids is 1. The van der Waals surface area contributed by atoms with E-state index in [1.54, 1.807) is 0 Å². The fourth-order valence-electron chi connectivity index (χ4n) is 4.59. The Morgan fingerprint density at radius 3 is 2.22 bits per heavy atom. The predicted octanol–water partition coefficient (Wildman–Crippen LogP) is 3.17. The van der Waals surface area contributed by atoms with Crippen molar-refractivity contribution < 1.29 is 9.39 Å². The zero-order chi connectivity index (χ0) is 16.8. The number of likely N-dealkylation sites (N-methyl/N-ethyl adjacent to an activating group) is 1. The maximum atomic E-state index is 13.3. The van der Waals surface area contributed by atoms with E-state index < -0.39 is 0 Å². The van der Waals surface area contributed by atoms with Crippen LogP contribution in [0.3, 0.4) is 0 Å². The van der Waals surface area contributed by atoms with Crippen LogP contribution >= 0.6 is 0 Å². The first kappa shape index (κ1) is 16.5. The third-order valence-corrected chi connectivity index (χ3v) is 6.27. The van der Waals surface area contributed by atoms with Gasteiger partial charge < -0.3 is 5.32 Å². The van der Waals surface area contributed by atoms with Crippen LogP contribution in [-0.2, 0) is 4.79 Å². The molecule has 1 amide bonds. The summed E-state index contributed by atoms with van der Waals surface area (Å²) < 4.78 is 0.767. The predicted molar refractivity (Wildman–Crippen MR) is 94.2 cm³/mol. The summed E-state index contributed by atoms with van der Waals surface area (Å²) in [5.74, 6) is 0.204. The number of amides is 1. The van der Waals surface area contributed by atoms with Gasteiger partial charge in [-0.1, -0.05) is 17.7 Å². The molecule has 1 aromatic carbocycles. The fourth-order valence-corrected chi connectivity index (χ4v) is 4.59. The van der Waals surface area contributed by atoms with Crippen molar-refractivity contribution in [2.24, 2.45) is 0 Å². The Labute approximate surface area is 140 Å². The van der Waals surface area contributed by atoms with Crippen LogP contribution in [0.2, 0.25) is 0 Å². The molecule has 4 heteroatoms. The molecule has 1 atom stereocenters. The molecule has 23 heavy (non-hydrogen) atoms. The first-order chi connectivity index (χ1) is 10.8. The van der Waals surface area contributed by atoms with Gasteiger partial charge in [-0.2, -0.15) is 5.01 Å². The Bertz CT molecular complexity index is 612. The van der Waals surface area contributed by atoms with Gasteiger partial charge in [0, 0.05) is 32.0 Å². The molecule has 1 aromatic rings. The van der Waals surface area contributed by atoms with E-state index in [2.05, 4.69) is 57.3 Å². The van der Waals surface area contributed by atoms with Crippen molar-refractivity contribution >= 4 is 11.6 Å². The van der Waals surface area contributed by atoms with Crippen molar-refractivity contribution in [1.29, 1.82) is 0 Å². The van der Waals surface area contributed by atoms with Crippen LogP contribution in [-0.4, -0.2) is 48.2 Å². The van der Waals surface area contributed by atoms with E-state index in [4.69, 9.17) is 0 Å². The Kier molecular flexibility index (Phi) is 4.01. The molecule has 4 nitrogen and oxygen atoms in total. The highest BCUT2D eigenvalue weighted by molar-refractivity contribution is 5.99. The first-order valence-electron chi connectivity index (χ1n) is 8.77. The van der Waals surface area contributed by atoms with Crippen molar-refractivity contribution in [1.82, 2.24) is 5.01 Å². The average molecular weight is 316 g/mol. The molecule has 3 rings (SSSR count). The summed E-state index contributed by atoms with van der Waals surface area (Å²) in [6.45, 7) is 8.41. The summed E-state index contributed by atoms with van der Waals surface area (Å²) >= 11 is 0. The van der Waals surface area contributed by atoms with Gasteiger partial charge in [0.25, 0.3) is 5.91 Å². The van der Waals surface area contributed by atoms with Gasteiger partial charge in [-0.3, -0.25) is 4.79 Å². The topological polar surface area (TPSA) is 32.3 Å². The van der Waals surface area contributed by atoms with Gasteiger partial charge >= 0.3 is 0 Å². The van der Waals surface area contributed by atoms with E-state index in [9.17, 15) is 4.79 Å². The molecule has 1 N–H and O–H groups in total. The van der Waals surface area contributed by atoms with Crippen molar-refractivity contribution in [3.05, 3.63) is 28.8 Å². The quantitative estimate of drug-likeness (QED) is 0.869. The van der Waals surface area contributed by atoms with Gasteiger partial charge in [0.15, 0.2) is 5.54 Å². The van der Waals surface area contributed by atoms with Gasteiger partial charge in [0.1, 0.15) is 0 Å². The molecule has 0 bridgehead atoms. The van der Waals surface area contributed by atoms with Crippen LogP contribution in [0.25, 0.3) is 0 Å². The number of carbonyl (C=O) groups is 1. The SMILES string of the molecule is Cc1cc(C)c(NC(=O)C2([N+]3(C)CCCN3C)CCC2)c(C)c1. The largest absolute Gasteiger partial charge is 0.320 e. The molecule has 0 radical (unpaired) electrons. The van der Waals surface area contributed by atoms with E-state index in [1.165, 1.54) is 12.0 Å². The summed E-state index contributed by atoms with van der Waals surface area (Å²) in [5, 5.41) is 5.64. The molecule has 1 aliphatic carbocycles. The lowest BCUT2D eigenvalue weighted by molar-refractivity contribution is -1.04. The molecule has 1 saturated carbocycles. The van der Waals surface area contributed by atoms with Crippen LogP contribution in [0.1, 0.15) is 42.4 Å². The maximum Gasteiger partial charge on any atom is 0.287 e. The fraction of sp³-hybridized carbons (Fsp3) is 0.632. The molecule has 1 aliphatic heterocycles. The van der Waals surface area contributed by atoms with Crippen molar-refractivity contribution in [3.63, 3.8) is 0 Å². The Morgan fingerprint density at radius 2 is 1.78 bits per heavy atom. The minimum Gasteiger partial charge on any atom is -0.320 e. The molecular formula is C19H30N3O+. The third kappa shape index (κ3) is 2.39. The monoisotopic (exact) mass is 316 g/mol. The average Bonchev–Trinajstić information content (AvgIpc) is 2.73. The summed E-state index contributed by atoms with van der Waals surface area (Å²) in [6, 6.07) is 4.29. The smallest absolute Gasteiger partial charge is 0.287 e. The minimum absolute atomic E-state index is 0.204. The standard InChI is InChI=1S/C19H29N3O/c1-14-12-15(2)17(16(3)13-14)20-18(23)19(8-6-9-19)22(5)11-7-10-21(22)4/h12-13H,6-11H2,1-5H3/p+1. The van der Waals surface area contributed by atoms with Gasteiger partial charge in [0.05, 0.1) is 20.1 Å². The summed E-state index contributed by atoms with van der Waals surface area (Å²) in [7, 11) is 4.39. The Balaban J connectivity index is 1.90. The van der Waals surface area contributed by atoms with Gasteiger partial charge in [-0.15, -0.1) is 0 Å². The number of hydrogen-bond acceptors (Lipinski definition) is 2. The van der Waals surface area contributed by atoms with Gasteiger partial charge in [-0.25, -0.2) is 4.59 Å². The lowest BCUT2D eigenvalue weighted by Crippen LogP contribution is -2.73. The number of hydrogen-bond donors (Lipinski definition) is 1. The second kappa shape index (κ2) is 5.60. The molecule has 1 saturated heterocycles. The lowest BCUT2D eigenvalue weighted by Gasteiger charge is -2.54. The second-order valence-corrected chi connectivity index (χ2v) is 7.71. The molecule has 2 aliphatic rings. The summed E-state index contributed by atoms with van der Waals surface area (Å²) in [6.07, 6.45) is 4.30. The van der Waals surface area contributed by atoms with E-state index in [0.717, 1.165) is 53.8 Å². The third-order valence-electron chi connectivity index (χ3n) is 6.27. The van der Waals surface area contributed by atoms with Crippen LogP contribution in [0.5, 0.6) is 0 Å². The highest BCUT2D eigenvalue weighted by Crippen LogP contribution is 2.45. The molecule has 1 heterocycles. The number of aryl methyl sites for hydroxylation is 3. The van der Waals surface area contributed by atoms with Gasteiger partial charge in [0.2, 0.25) is 0 Å². The summed E-state index contributed by atoms with van der Waals surface area (Å²) in [4.78, 5) is 13.3. The van der Waals surface area contributed by atoms with Crippen LogP contribution in [0.4, 0.5) is 5.69 Å². The van der Waals surface area contributed by atoms with E-state index in [-0.39, 0.29) is 11.4 Å². The van der Waals surface area contributed by atoms with E-state index in [1.807, 2.05) is 0 Å². The normalized spacial score (nSPS) is 26.8. The highest BCUT2D eigenvalue weighted by atomic mass is 16.2. The van der Waals surface area contributed by atoms with Crippen LogP contribution in [0, 0.1) is 20.8 Å². The number of nitrogens with zero attached hydrogens (tertiary/aromatic N) is 2. The highest BCUT2D eigenvalue weighted by Gasteiger charge is 2.62. The number of anilines is 1.